The summed E-state index contributed by atoms with van der Waals surface area (Å²) in [5.74, 6) is -0.286. The van der Waals surface area contributed by atoms with Gasteiger partial charge >= 0.3 is 5.97 Å². The maximum absolute atomic E-state index is 12.0. The highest BCUT2D eigenvalue weighted by Gasteiger charge is 2.21. The molecule has 0 bridgehead atoms. The van der Waals surface area contributed by atoms with Crippen LogP contribution in [0, 0.1) is 6.92 Å². The van der Waals surface area contributed by atoms with E-state index < -0.39 is 0 Å². The minimum Gasteiger partial charge on any atom is -0.461 e. The fraction of sp³-hybridized carbons (Fsp3) is 0.556. The van der Waals surface area contributed by atoms with Crippen LogP contribution in [0.2, 0.25) is 0 Å². The summed E-state index contributed by atoms with van der Waals surface area (Å²) in [7, 11) is 3.63. The molecule has 140 valence electrons. The maximum atomic E-state index is 12.0. The minimum atomic E-state index is -0.286. The molecule has 1 aromatic rings. The van der Waals surface area contributed by atoms with E-state index in [4.69, 9.17) is 10.5 Å². The zero-order valence-corrected chi connectivity index (χ0v) is 16.9. The molecule has 0 saturated carbocycles. The third-order valence-corrected chi connectivity index (χ3v) is 5.06. The molecule has 0 saturated heterocycles. The second-order valence-electron chi connectivity index (χ2n) is 5.40. The standard InChI is InChI=1S/C16H24N4O2S.C2H6/c1-5-22-16(21)14-8-15(11(2)19(14)4)23-20-7-6-13(17)12(10-20)9-18-3;1-2/h8-9H,5-7,10,17H2,1-4H3;1-2H3. The molecule has 25 heavy (non-hydrogen) atoms. The van der Waals surface area contributed by atoms with Gasteiger partial charge in [0.1, 0.15) is 5.69 Å². The SMILES string of the molecule is CC.CCOC(=O)c1cc(SN2CCC(N)=C(C=NC)C2)c(C)n1C. The largest absolute Gasteiger partial charge is 0.461 e. The lowest BCUT2D eigenvalue weighted by Crippen LogP contribution is -2.29. The average molecular weight is 367 g/mol. The molecule has 1 aliphatic heterocycles. The fourth-order valence-corrected chi connectivity index (χ4v) is 3.54. The van der Waals surface area contributed by atoms with Crippen LogP contribution in [0.3, 0.4) is 0 Å². The first-order chi connectivity index (χ1) is 12.0. The number of ether oxygens (including phenoxy) is 1. The molecule has 0 atom stereocenters. The summed E-state index contributed by atoms with van der Waals surface area (Å²) >= 11 is 1.65. The predicted octanol–water partition coefficient (Wildman–Crippen LogP) is 3.16. The lowest BCUT2D eigenvalue weighted by atomic mass is 10.1. The van der Waals surface area contributed by atoms with Crippen molar-refractivity contribution in [2.75, 3.05) is 26.7 Å². The molecule has 2 heterocycles. The number of esters is 1. The van der Waals surface area contributed by atoms with Crippen LogP contribution in [-0.2, 0) is 11.8 Å². The summed E-state index contributed by atoms with van der Waals surface area (Å²) in [6, 6.07) is 1.90. The smallest absolute Gasteiger partial charge is 0.354 e. The molecular weight excluding hydrogens is 336 g/mol. The number of carbonyl (C=O) groups excluding carboxylic acids is 1. The summed E-state index contributed by atoms with van der Waals surface area (Å²) in [4.78, 5) is 17.1. The van der Waals surface area contributed by atoms with Crippen molar-refractivity contribution < 1.29 is 9.53 Å². The van der Waals surface area contributed by atoms with Crippen molar-refractivity contribution in [1.82, 2.24) is 8.87 Å². The van der Waals surface area contributed by atoms with E-state index >= 15 is 0 Å². The molecule has 1 aromatic heterocycles. The number of carbonyl (C=O) groups is 1. The van der Waals surface area contributed by atoms with E-state index in [-0.39, 0.29) is 5.97 Å². The zero-order valence-electron chi connectivity index (χ0n) is 16.1. The van der Waals surface area contributed by atoms with Crippen molar-refractivity contribution in [3.63, 3.8) is 0 Å². The summed E-state index contributed by atoms with van der Waals surface area (Å²) in [6.45, 7) is 9.82. The van der Waals surface area contributed by atoms with Crippen LogP contribution in [-0.4, -0.2) is 47.8 Å². The third kappa shape index (κ3) is 5.37. The highest BCUT2D eigenvalue weighted by molar-refractivity contribution is 7.97. The Morgan fingerprint density at radius 1 is 1.48 bits per heavy atom. The molecule has 0 spiro atoms. The Morgan fingerprint density at radius 3 is 2.76 bits per heavy atom. The van der Waals surface area contributed by atoms with Crippen LogP contribution >= 0.6 is 11.9 Å². The van der Waals surface area contributed by atoms with Crippen molar-refractivity contribution in [2.24, 2.45) is 17.8 Å². The predicted molar refractivity (Wildman–Crippen MR) is 105 cm³/mol. The van der Waals surface area contributed by atoms with Gasteiger partial charge in [-0.1, -0.05) is 13.8 Å². The number of rotatable bonds is 5. The molecule has 0 unspecified atom stereocenters. The molecule has 2 rings (SSSR count). The van der Waals surface area contributed by atoms with E-state index in [1.165, 1.54) is 0 Å². The topological polar surface area (TPSA) is 72.8 Å². The quantitative estimate of drug-likeness (QED) is 0.492. The molecule has 0 aliphatic carbocycles. The molecule has 0 amide bonds. The summed E-state index contributed by atoms with van der Waals surface area (Å²) in [5, 5.41) is 0. The van der Waals surface area contributed by atoms with Gasteiger partial charge in [-0.2, -0.15) is 0 Å². The van der Waals surface area contributed by atoms with E-state index in [2.05, 4.69) is 9.30 Å². The first-order valence-electron chi connectivity index (χ1n) is 8.63. The van der Waals surface area contributed by atoms with Crippen molar-refractivity contribution in [2.45, 2.75) is 39.0 Å². The Bertz CT molecular complexity index is 650. The van der Waals surface area contributed by atoms with Gasteiger partial charge in [0.2, 0.25) is 0 Å². The normalized spacial score (nSPS) is 15.3. The number of nitrogens with two attached hydrogens (primary N) is 1. The minimum absolute atomic E-state index is 0.286. The van der Waals surface area contributed by atoms with Gasteiger partial charge in [0.15, 0.2) is 0 Å². The molecule has 6 nitrogen and oxygen atoms in total. The van der Waals surface area contributed by atoms with E-state index in [0.717, 1.165) is 41.4 Å². The van der Waals surface area contributed by atoms with Gasteiger partial charge in [0, 0.05) is 61.7 Å². The Hall–Kier alpha value is -1.73. The van der Waals surface area contributed by atoms with E-state index in [1.54, 1.807) is 19.0 Å². The highest BCUT2D eigenvalue weighted by Crippen LogP contribution is 2.31. The Balaban J connectivity index is 0.00000151. The first-order valence-corrected chi connectivity index (χ1v) is 9.41. The number of hydrogen-bond acceptors (Lipinski definition) is 6. The van der Waals surface area contributed by atoms with Crippen molar-refractivity contribution in [3.05, 3.63) is 28.7 Å². The van der Waals surface area contributed by atoms with E-state index in [1.807, 2.05) is 51.6 Å². The Labute approximate surface area is 155 Å². The zero-order chi connectivity index (χ0) is 19.0. The van der Waals surface area contributed by atoms with Crippen molar-refractivity contribution in [1.29, 1.82) is 0 Å². The average Bonchev–Trinajstić information content (AvgIpc) is 2.88. The van der Waals surface area contributed by atoms with Gasteiger partial charge in [-0.15, -0.1) is 0 Å². The summed E-state index contributed by atoms with van der Waals surface area (Å²) in [5.41, 5.74) is 9.63. The molecule has 1 aliphatic rings. The van der Waals surface area contributed by atoms with Gasteiger partial charge in [-0.05, 0) is 31.9 Å². The monoisotopic (exact) mass is 366 g/mol. The van der Waals surface area contributed by atoms with Gasteiger partial charge < -0.3 is 15.0 Å². The van der Waals surface area contributed by atoms with Gasteiger partial charge in [0.25, 0.3) is 0 Å². The molecular formula is C18H30N4O2S. The lowest BCUT2D eigenvalue weighted by molar-refractivity contribution is 0.0515. The van der Waals surface area contributed by atoms with Crippen LogP contribution < -0.4 is 5.73 Å². The fourth-order valence-electron chi connectivity index (χ4n) is 2.44. The molecule has 0 fully saturated rings. The van der Waals surface area contributed by atoms with Crippen LogP contribution in [0.5, 0.6) is 0 Å². The number of aromatic nitrogens is 1. The summed E-state index contributed by atoms with van der Waals surface area (Å²) in [6.07, 6.45) is 2.65. The second kappa shape index (κ2) is 10.3. The number of nitrogens with zero attached hydrogens (tertiary/aromatic N) is 3. The van der Waals surface area contributed by atoms with Crippen LogP contribution in [0.25, 0.3) is 0 Å². The summed E-state index contributed by atoms with van der Waals surface area (Å²) < 4.78 is 9.22. The lowest BCUT2D eigenvalue weighted by Gasteiger charge is -2.26. The van der Waals surface area contributed by atoms with Crippen LogP contribution in [0.15, 0.2) is 27.2 Å². The Morgan fingerprint density at radius 2 is 2.16 bits per heavy atom. The second-order valence-corrected chi connectivity index (χ2v) is 6.54. The third-order valence-electron chi connectivity index (χ3n) is 3.88. The van der Waals surface area contributed by atoms with Crippen molar-refractivity contribution >= 4 is 24.1 Å². The molecule has 0 aromatic carbocycles. The first kappa shape index (κ1) is 21.3. The number of hydrogen-bond donors (Lipinski definition) is 1. The van der Waals surface area contributed by atoms with Gasteiger partial charge in [0.05, 0.1) is 6.61 Å². The molecule has 2 N–H and O–H groups in total. The van der Waals surface area contributed by atoms with E-state index in [9.17, 15) is 4.79 Å². The Kier molecular flexibility index (Phi) is 8.78. The van der Waals surface area contributed by atoms with Crippen molar-refractivity contribution in [3.8, 4) is 0 Å². The maximum Gasteiger partial charge on any atom is 0.354 e. The highest BCUT2D eigenvalue weighted by atomic mass is 32.2. The van der Waals surface area contributed by atoms with Crippen LogP contribution in [0.4, 0.5) is 0 Å². The van der Waals surface area contributed by atoms with E-state index in [0.29, 0.717) is 12.3 Å². The molecule has 0 radical (unpaired) electrons. The van der Waals surface area contributed by atoms with Crippen LogP contribution in [0.1, 0.15) is 43.4 Å². The van der Waals surface area contributed by atoms with Gasteiger partial charge in [-0.3, -0.25) is 4.99 Å². The molecule has 7 heteroatoms. The number of aliphatic imine (C=N–C) groups is 1. The van der Waals surface area contributed by atoms with Gasteiger partial charge in [-0.25, -0.2) is 9.10 Å².